The third-order valence-electron chi connectivity index (χ3n) is 1.98. The van der Waals surface area contributed by atoms with Crippen LogP contribution in [0.5, 0.6) is 0 Å². The number of primary amides is 1. The van der Waals surface area contributed by atoms with Crippen LogP contribution in [0.25, 0.3) is 0 Å². The molecule has 6 nitrogen and oxygen atoms in total. The molecule has 6 heteroatoms. The van der Waals surface area contributed by atoms with Crippen molar-refractivity contribution in [2.75, 3.05) is 13.7 Å². The van der Waals surface area contributed by atoms with Crippen LogP contribution in [0.15, 0.2) is 16.7 Å². The van der Waals surface area contributed by atoms with Gasteiger partial charge in [0, 0.05) is 25.1 Å². The molecule has 3 N–H and O–H groups in total. The standard InChI is InChI=1S/C10H14N2O4/c1-15-10(14)9-7(3-5-16-9)6-12-4-2-8(11)13/h3,5,12H,2,4,6H2,1H3,(H2,11,13). The molecule has 1 rings (SSSR count). The number of esters is 1. The Morgan fingerprint density at radius 3 is 2.94 bits per heavy atom. The first-order valence-corrected chi connectivity index (χ1v) is 4.79. The second kappa shape index (κ2) is 5.92. The summed E-state index contributed by atoms with van der Waals surface area (Å²) in [6.45, 7) is 0.884. The Hall–Kier alpha value is -1.82. The number of carbonyl (C=O) groups excluding carboxylic acids is 2. The minimum Gasteiger partial charge on any atom is -0.463 e. The smallest absolute Gasteiger partial charge is 0.374 e. The third-order valence-corrected chi connectivity index (χ3v) is 1.98. The molecule has 1 aromatic heterocycles. The lowest BCUT2D eigenvalue weighted by Crippen LogP contribution is -2.22. The lowest BCUT2D eigenvalue weighted by Gasteiger charge is -2.02. The van der Waals surface area contributed by atoms with Gasteiger partial charge in [0.15, 0.2) is 0 Å². The van der Waals surface area contributed by atoms with Crippen LogP contribution >= 0.6 is 0 Å². The van der Waals surface area contributed by atoms with Gasteiger partial charge in [-0.3, -0.25) is 4.79 Å². The first-order chi connectivity index (χ1) is 7.65. The molecule has 1 aromatic rings. The number of hydrogen-bond donors (Lipinski definition) is 2. The van der Waals surface area contributed by atoms with Crippen LogP contribution in [0.1, 0.15) is 22.5 Å². The number of ether oxygens (including phenoxy) is 1. The van der Waals surface area contributed by atoms with Crippen molar-refractivity contribution in [2.24, 2.45) is 5.73 Å². The lowest BCUT2D eigenvalue weighted by molar-refractivity contribution is -0.117. The summed E-state index contributed by atoms with van der Waals surface area (Å²) >= 11 is 0. The van der Waals surface area contributed by atoms with E-state index in [0.717, 1.165) is 0 Å². The molecule has 0 bridgehead atoms. The van der Waals surface area contributed by atoms with E-state index in [2.05, 4.69) is 10.1 Å². The minimum atomic E-state index is -0.517. The third kappa shape index (κ3) is 3.39. The molecule has 0 atom stereocenters. The molecule has 0 aliphatic heterocycles. The van der Waals surface area contributed by atoms with Gasteiger partial charge in [-0.15, -0.1) is 0 Å². The highest BCUT2D eigenvalue weighted by molar-refractivity contribution is 5.87. The Labute approximate surface area is 92.7 Å². The van der Waals surface area contributed by atoms with E-state index >= 15 is 0 Å². The van der Waals surface area contributed by atoms with Crippen molar-refractivity contribution in [2.45, 2.75) is 13.0 Å². The highest BCUT2D eigenvalue weighted by Gasteiger charge is 2.14. The van der Waals surface area contributed by atoms with Gasteiger partial charge in [-0.05, 0) is 6.07 Å². The molecular weight excluding hydrogens is 212 g/mol. The predicted molar refractivity (Wildman–Crippen MR) is 55.6 cm³/mol. The van der Waals surface area contributed by atoms with Crippen molar-refractivity contribution in [1.29, 1.82) is 0 Å². The van der Waals surface area contributed by atoms with E-state index in [1.807, 2.05) is 0 Å². The zero-order valence-corrected chi connectivity index (χ0v) is 8.99. The molecule has 0 spiro atoms. The fourth-order valence-electron chi connectivity index (χ4n) is 1.18. The first kappa shape index (κ1) is 12.3. The Morgan fingerprint density at radius 2 is 2.31 bits per heavy atom. The molecule has 0 saturated heterocycles. The van der Waals surface area contributed by atoms with E-state index < -0.39 is 5.97 Å². The summed E-state index contributed by atoms with van der Waals surface area (Å²) in [5.74, 6) is -0.710. The molecule has 0 aliphatic rings. The molecule has 0 radical (unpaired) electrons. The molecule has 1 amide bonds. The van der Waals surface area contributed by atoms with Crippen LogP contribution in [0.3, 0.4) is 0 Å². The number of methoxy groups -OCH3 is 1. The largest absolute Gasteiger partial charge is 0.463 e. The maximum atomic E-state index is 11.2. The van der Waals surface area contributed by atoms with E-state index in [0.29, 0.717) is 18.7 Å². The first-order valence-electron chi connectivity index (χ1n) is 4.79. The number of amides is 1. The average Bonchev–Trinajstić information content (AvgIpc) is 2.71. The van der Waals surface area contributed by atoms with Crippen molar-refractivity contribution in [1.82, 2.24) is 5.32 Å². The molecule has 0 fully saturated rings. The van der Waals surface area contributed by atoms with Crippen LogP contribution < -0.4 is 11.1 Å². The molecule has 0 unspecified atom stereocenters. The predicted octanol–water partition coefficient (Wildman–Crippen LogP) is 0.0312. The molecule has 16 heavy (non-hydrogen) atoms. The van der Waals surface area contributed by atoms with E-state index in [1.54, 1.807) is 6.07 Å². The quantitative estimate of drug-likeness (QED) is 0.527. The van der Waals surface area contributed by atoms with Gasteiger partial charge < -0.3 is 20.2 Å². The number of nitrogens with one attached hydrogen (secondary N) is 1. The fraction of sp³-hybridized carbons (Fsp3) is 0.400. The Kier molecular flexibility index (Phi) is 4.53. The van der Waals surface area contributed by atoms with Crippen molar-refractivity contribution >= 4 is 11.9 Å². The van der Waals surface area contributed by atoms with E-state index in [-0.39, 0.29) is 18.1 Å². The Balaban J connectivity index is 2.45. The maximum absolute atomic E-state index is 11.2. The molecule has 0 aromatic carbocycles. The number of nitrogens with two attached hydrogens (primary N) is 1. The van der Waals surface area contributed by atoms with Gasteiger partial charge in [0.25, 0.3) is 0 Å². The monoisotopic (exact) mass is 226 g/mol. The maximum Gasteiger partial charge on any atom is 0.374 e. The number of carbonyl (C=O) groups is 2. The van der Waals surface area contributed by atoms with Crippen molar-refractivity contribution in [3.05, 3.63) is 23.7 Å². The molecule has 0 saturated carbocycles. The van der Waals surface area contributed by atoms with Crippen LogP contribution in [-0.2, 0) is 16.1 Å². The van der Waals surface area contributed by atoms with Gasteiger partial charge in [0.2, 0.25) is 11.7 Å². The SMILES string of the molecule is COC(=O)c1occc1CNCCC(N)=O. The van der Waals surface area contributed by atoms with Crippen molar-refractivity contribution in [3.63, 3.8) is 0 Å². The highest BCUT2D eigenvalue weighted by atomic mass is 16.5. The second-order valence-electron chi connectivity index (χ2n) is 3.16. The lowest BCUT2D eigenvalue weighted by atomic mass is 10.2. The van der Waals surface area contributed by atoms with Gasteiger partial charge in [-0.1, -0.05) is 0 Å². The van der Waals surface area contributed by atoms with E-state index in [9.17, 15) is 9.59 Å². The Bertz CT molecular complexity index is 373. The van der Waals surface area contributed by atoms with Crippen LogP contribution in [-0.4, -0.2) is 25.5 Å². The van der Waals surface area contributed by atoms with Gasteiger partial charge in [0.1, 0.15) is 0 Å². The zero-order valence-electron chi connectivity index (χ0n) is 8.99. The van der Waals surface area contributed by atoms with Gasteiger partial charge in [0.05, 0.1) is 13.4 Å². The van der Waals surface area contributed by atoms with E-state index in [1.165, 1.54) is 13.4 Å². The molecular formula is C10H14N2O4. The summed E-state index contributed by atoms with van der Waals surface area (Å²) in [4.78, 5) is 21.7. The highest BCUT2D eigenvalue weighted by Crippen LogP contribution is 2.11. The summed E-state index contributed by atoms with van der Waals surface area (Å²) in [7, 11) is 1.29. The van der Waals surface area contributed by atoms with Gasteiger partial charge in [-0.25, -0.2) is 4.79 Å². The fourth-order valence-corrected chi connectivity index (χ4v) is 1.18. The number of hydrogen-bond acceptors (Lipinski definition) is 5. The van der Waals surface area contributed by atoms with Crippen molar-refractivity contribution < 1.29 is 18.7 Å². The summed E-state index contributed by atoms with van der Waals surface area (Å²) < 4.78 is 9.53. The summed E-state index contributed by atoms with van der Waals surface area (Å²) in [6.07, 6.45) is 1.67. The summed E-state index contributed by atoms with van der Waals surface area (Å²) in [5, 5.41) is 2.97. The van der Waals surface area contributed by atoms with Gasteiger partial charge >= 0.3 is 5.97 Å². The van der Waals surface area contributed by atoms with Crippen LogP contribution in [0.4, 0.5) is 0 Å². The molecule has 0 aliphatic carbocycles. The van der Waals surface area contributed by atoms with Crippen LogP contribution in [0, 0.1) is 0 Å². The van der Waals surface area contributed by atoms with Gasteiger partial charge in [-0.2, -0.15) is 0 Å². The average molecular weight is 226 g/mol. The second-order valence-corrected chi connectivity index (χ2v) is 3.16. The number of rotatable bonds is 6. The zero-order chi connectivity index (χ0) is 12.0. The molecule has 88 valence electrons. The summed E-state index contributed by atoms with van der Waals surface area (Å²) in [6, 6.07) is 1.67. The number of furan rings is 1. The normalized spacial score (nSPS) is 10.1. The Morgan fingerprint density at radius 1 is 1.56 bits per heavy atom. The molecule has 1 heterocycles. The van der Waals surface area contributed by atoms with Crippen molar-refractivity contribution in [3.8, 4) is 0 Å². The van der Waals surface area contributed by atoms with E-state index in [4.69, 9.17) is 10.2 Å². The topological polar surface area (TPSA) is 94.6 Å². The summed E-state index contributed by atoms with van der Waals surface area (Å²) in [5.41, 5.74) is 5.67. The van der Waals surface area contributed by atoms with Crippen LogP contribution in [0.2, 0.25) is 0 Å². The minimum absolute atomic E-state index is 0.175.